The van der Waals surface area contributed by atoms with E-state index < -0.39 is 0 Å². The smallest absolute Gasteiger partial charge is 0.291 e. The largest absolute Gasteiger partial charge is 0.347 e. The van der Waals surface area contributed by atoms with E-state index in [1.54, 1.807) is 10.7 Å². The molecule has 0 aliphatic carbocycles. The van der Waals surface area contributed by atoms with Crippen LogP contribution in [0.3, 0.4) is 0 Å². The van der Waals surface area contributed by atoms with Crippen molar-refractivity contribution >= 4 is 17.5 Å². The lowest BCUT2D eigenvalue weighted by molar-refractivity contribution is 0.0931. The summed E-state index contributed by atoms with van der Waals surface area (Å²) in [6, 6.07) is 16.0. The van der Waals surface area contributed by atoms with Crippen molar-refractivity contribution < 1.29 is 4.79 Å². The number of hydrogen-bond donors (Lipinski definition) is 1. The molecular weight excluding hydrogens is 410 g/mol. The molecular formula is C24H30ClN5O. The second kappa shape index (κ2) is 10.6. The van der Waals surface area contributed by atoms with Crippen molar-refractivity contribution in [1.29, 1.82) is 0 Å². The van der Waals surface area contributed by atoms with Gasteiger partial charge in [0.2, 0.25) is 5.82 Å². The second-order valence-corrected chi connectivity index (χ2v) is 8.16. The summed E-state index contributed by atoms with van der Waals surface area (Å²) in [6.45, 7) is 4.66. The number of nitrogens with zero attached hydrogens (tertiary/aromatic N) is 4. The molecule has 31 heavy (non-hydrogen) atoms. The average Bonchev–Trinajstić information content (AvgIpc) is 3.18. The first-order valence-electron chi connectivity index (χ1n) is 10.7. The highest BCUT2D eigenvalue weighted by Crippen LogP contribution is 2.22. The summed E-state index contributed by atoms with van der Waals surface area (Å²) in [6.07, 6.45) is 2.60. The van der Waals surface area contributed by atoms with E-state index in [1.165, 1.54) is 5.56 Å². The predicted octanol–water partition coefficient (Wildman–Crippen LogP) is 4.47. The molecule has 0 radical (unpaired) electrons. The van der Waals surface area contributed by atoms with Crippen LogP contribution in [-0.4, -0.2) is 46.2 Å². The number of benzene rings is 2. The molecule has 1 unspecified atom stereocenters. The average molecular weight is 440 g/mol. The van der Waals surface area contributed by atoms with Crippen LogP contribution in [0.25, 0.3) is 5.69 Å². The third-order valence-electron chi connectivity index (χ3n) is 5.28. The number of carbonyl (C=O) groups excluding carboxylic acids is 1. The molecule has 3 aromatic rings. The van der Waals surface area contributed by atoms with E-state index >= 15 is 0 Å². The van der Waals surface area contributed by atoms with Crippen LogP contribution < -0.4 is 5.32 Å². The SMILES string of the molecule is CCCc1nc(C(=O)NCC(c2ccc(CC)cc2)N(C)C)nn1-c1ccccc1Cl. The molecule has 164 valence electrons. The summed E-state index contributed by atoms with van der Waals surface area (Å²) < 4.78 is 1.67. The zero-order chi connectivity index (χ0) is 22.4. The van der Waals surface area contributed by atoms with Crippen molar-refractivity contribution in [3.05, 3.63) is 76.3 Å². The van der Waals surface area contributed by atoms with Crippen molar-refractivity contribution in [2.45, 2.75) is 39.2 Å². The van der Waals surface area contributed by atoms with Gasteiger partial charge in [0.15, 0.2) is 0 Å². The Bertz CT molecular complexity index is 1010. The first-order chi connectivity index (χ1) is 14.9. The Labute approximate surface area is 189 Å². The molecule has 0 fully saturated rings. The Balaban J connectivity index is 1.79. The molecule has 0 spiro atoms. The molecule has 2 aromatic carbocycles. The summed E-state index contributed by atoms with van der Waals surface area (Å²) in [4.78, 5) is 19.5. The number of para-hydroxylation sites is 1. The van der Waals surface area contributed by atoms with Gasteiger partial charge in [-0.15, -0.1) is 5.10 Å². The quantitative estimate of drug-likeness (QED) is 0.534. The maximum absolute atomic E-state index is 12.9. The lowest BCUT2D eigenvalue weighted by Crippen LogP contribution is -2.35. The number of aryl methyl sites for hydroxylation is 2. The number of aromatic nitrogens is 3. The fourth-order valence-corrected chi connectivity index (χ4v) is 3.70. The summed E-state index contributed by atoms with van der Waals surface area (Å²) in [5.74, 6) is 0.586. The Morgan fingerprint density at radius 3 is 2.45 bits per heavy atom. The molecule has 1 N–H and O–H groups in total. The van der Waals surface area contributed by atoms with Gasteiger partial charge in [0, 0.05) is 13.0 Å². The van der Waals surface area contributed by atoms with E-state index in [-0.39, 0.29) is 17.8 Å². The summed E-state index contributed by atoms with van der Waals surface area (Å²) in [5, 5.41) is 8.05. The number of carbonyl (C=O) groups is 1. The Hall–Kier alpha value is -2.70. The Morgan fingerprint density at radius 1 is 1.13 bits per heavy atom. The van der Waals surface area contributed by atoms with Gasteiger partial charge in [-0.3, -0.25) is 4.79 Å². The van der Waals surface area contributed by atoms with E-state index in [2.05, 4.69) is 58.4 Å². The second-order valence-electron chi connectivity index (χ2n) is 7.75. The van der Waals surface area contributed by atoms with Gasteiger partial charge in [-0.2, -0.15) is 0 Å². The van der Waals surface area contributed by atoms with Gasteiger partial charge in [-0.25, -0.2) is 9.67 Å². The van der Waals surface area contributed by atoms with Crippen molar-refractivity contribution in [2.75, 3.05) is 20.6 Å². The lowest BCUT2D eigenvalue weighted by Gasteiger charge is -2.25. The van der Waals surface area contributed by atoms with Crippen LogP contribution in [0.15, 0.2) is 48.5 Å². The first-order valence-corrected chi connectivity index (χ1v) is 11.1. The van der Waals surface area contributed by atoms with E-state index in [4.69, 9.17) is 11.6 Å². The molecule has 3 rings (SSSR count). The third kappa shape index (κ3) is 5.51. The maximum atomic E-state index is 12.9. The van der Waals surface area contributed by atoms with Crippen LogP contribution in [0, 0.1) is 0 Å². The van der Waals surface area contributed by atoms with Crippen LogP contribution in [-0.2, 0) is 12.8 Å². The molecule has 0 saturated heterocycles. The van der Waals surface area contributed by atoms with Crippen molar-refractivity contribution in [2.24, 2.45) is 0 Å². The number of likely N-dealkylation sites (N-methyl/N-ethyl adjacent to an activating group) is 1. The topological polar surface area (TPSA) is 63.1 Å². The van der Waals surface area contributed by atoms with Crippen molar-refractivity contribution in [3.63, 3.8) is 0 Å². The highest BCUT2D eigenvalue weighted by Gasteiger charge is 2.21. The Morgan fingerprint density at radius 2 is 1.84 bits per heavy atom. The zero-order valence-electron chi connectivity index (χ0n) is 18.6. The number of hydrogen-bond acceptors (Lipinski definition) is 4. The highest BCUT2D eigenvalue weighted by atomic mass is 35.5. The summed E-state index contributed by atoms with van der Waals surface area (Å²) in [5.41, 5.74) is 3.17. The van der Waals surface area contributed by atoms with Gasteiger partial charge in [0.1, 0.15) is 5.82 Å². The van der Waals surface area contributed by atoms with Gasteiger partial charge >= 0.3 is 0 Å². The molecule has 0 aliphatic heterocycles. The fraction of sp³-hybridized carbons (Fsp3) is 0.375. The third-order valence-corrected chi connectivity index (χ3v) is 5.60. The minimum atomic E-state index is -0.291. The number of nitrogens with one attached hydrogen (secondary N) is 1. The maximum Gasteiger partial charge on any atom is 0.291 e. The van der Waals surface area contributed by atoms with Gasteiger partial charge < -0.3 is 10.2 Å². The van der Waals surface area contributed by atoms with E-state index in [0.717, 1.165) is 29.9 Å². The molecule has 1 heterocycles. The number of halogens is 1. The number of rotatable bonds is 9. The van der Waals surface area contributed by atoms with Crippen LogP contribution in [0.5, 0.6) is 0 Å². The van der Waals surface area contributed by atoms with Crippen molar-refractivity contribution in [1.82, 2.24) is 25.0 Å². The summed E-state index contributed by atoms with van der Waals surface area (Å²) in [7, 11) is 4.02. The molecule has 0 saturated carbocycles. The minimum Gasteiger partial charge on any atom is -0.347 e. The summed E-state index contributed by atoms with van der Waals surface area (Å²) >= 11 is 6.35. The molecule has 6 nitrogen and oxygen atoms in total. The van der Waals surface area contributed by atoms with Crippen LogP contribution in [0.1, 0.15) is 53.9 Å². The van der Waals surface area contributed by atoms with Gasteiger partial charge in [0.25, 0.3) is 5.91 Å². The van der Waals surface area contributed by atoms with E-state index in [1.807, 2.05) is 32.3 Å². The van der Waals surface area contributed by atoms with Gasteiger partial charge in [-0.05, 0) is 50.2 Å². The van der Waals surface area contributed by atoms with Gasteiger partial charge in [0.05, 0.1) is 16.8 Å². The van der Waals surface area contributed by atoms with Crippen LogP contribution >= 0.6 is 11.6 Å². The van der Waals surface area contributed by atoms with E-state index in [0.29, 0.717) is 18.0 Å². The molecule has 7 heteroatoms. The van der Waals surface area contributed by atoms with Crippen LogP contribution in [0.2, 0.25) is 5.02 Å². The van der Waals surface area contributed by atoms with E-state index in [9.17, 15) is 4.79 Å². The van der Waals surface area contributed by atoms with Gasteiger partial charge in [-0.1, -0.05) is 61.8 Å². The monoisotopic (exact) mass is 439 g/mol. The molecule has 0 aliphatic rings. The standard InChI is InChI=1S/C24H30ClN5O/c1-5-9-22-27-23(28-30(22)20-11-8-7-10-19(20)25)24(31)26-16-21(29(3)4)18-14-12-17(6-2)13-15-18/h7-8,10-15,21H,5-6,9,16H2,1-4H3,(H,26,31). The predicted molar refractivity (Wildman–Crippen MR) is 125 cm³/mol. The Kier molecular flexibility index (Phi) is 7.82. The van der Waals surface area contributed by atoms with Crippen molar-refractivity contribution in [3.8, 4) is 5.69 Å². The fourth-order valence-electron chi connectivity index (χ4n) is 3.48. The molecule has 1 aromatic heterocycles. The van der Waals surface area contributed by atoms with Crippen LogP contribution in [0.4, 0.5) is 0 Å². The first kappa shape index (κ1) is 23.0. The minimum absolute atomic E-state index is 0.0515. The highest BCUT2D eigenvalue weighted by molar-refractivity contribution is 6.32. The lowest BCUT2D eigenvalue weighted by atomic mass is 10.0. The zero-order valence-corrected chi connectivity index (χ0v) is 19.4. The molecule has 1 atom stereocenters. The normalized spacial score (nSPS) is 12.2. The molecule has 0 bridgehead atoms. The molecule has 1 amide bonds. The number of amides is 1.